The van der Waals surface area contributed by atoms with Gasteiger partial charge in [-0.1, -0.05) is 0 Å². The third kappa shape index (κ3) is 3.59. The predicted octanol–water partition coefficient (Wildman–Crippen LogP) is 1.44. The average Bonchev–Trinajstić information content (AvgIpc) is 2.53. The molecule has 10 nitrogen and oxygen atoms in total. The number of benzene rings is 1. The molecule has 1 N–H and O–H groups in total. The zero-order chi connectivity index (χ0) is 17.1. The van der Waals surface area contributed by atoms with Crippen LogP contribution in [0.25, 0.3) is 0 Å². The maximum Gasteiger partial charge on any atom is 0.308 e. The number of non-ortho nitro benzene ring substituents is 2. The smallest absolute Gasteiger partial charge is 0.308 e. The second-order valence-corrected chi connectivity index (χ2v) is 5.18. The largest absolute Gasteiger partial charge is 0.481 e. The fraction of sp³-hybridized carbons (Fsp3) is 0.385. The van der Waals surface area contributed by atoms with Crippen molar-refractivity contribution in [1.82, 2.24) is 4.90 Å². The van der Waals surface area contributed by atoms with Crippen molar-refractivity contribution in [3.8, 4) is 0 Å². The number of aliphatic carboxylic acids is 1. The zero-order valence-corrected chi connectivity index (χ0v) is 11.9. The van der Waals surface area contributed by atoms with Crippen molar-refractivity contribution >= 4 is 23.3 Å². The van der Waals surface area contributed by atoms with E-state index in [1.54, 1.807) is 0 Å². The van der Waals surface area contributed by atoms with Crippen molar-refractivity contribution in [1.29, 1.82) is 0 Å². The van der Waals surface area contributed by atoms with E-state index in [1.807, 2.05) is 0 Å². The maximum absolute atomic E-state index is 12.4. The Labute approximate surface area is 129 Å². The molecule has 0 unspecified atom stereocenters. The van der Waals surface area contributed by atoms with Crippen molar-refractivity contribution in [2.24, 2.45) is 5.92 Å². The lowest BCUT2D eigenvalue weighted by Gasteiger charge is -2.30. The first-order chi connectivity index (χ1) is 10.8. The molecule has 2 rings (SSSR count). The lowest BCUT2D eigenvalue weighted by molar-refractivity contribution is -0.394. The molecule has 1 fully saturated rings. The predicted molar refractivity (Wildman–Crippen MR) is 76.0 cm³/mol. The summed E-state index contributed by atoms with van der Waals surface area (Å²) in [5.41, 5.74) is -1.32. The van der Waals surface area contributed by atoms with Crippen LogP contribution in [0.5, 0.6) is 0 Å². The molecule has 0 bridgehead atoms. The highest BCUT2D eigenvalue weighted by molar-refractivity contribution is 5.96. The molecule has 10 heteroatoms. The first-order valence-electron chi connectivity index (χ1n) is 6.75. The Morgan fingerprint density at radius 1 is 1.13 bits per heavy atom. The minimum Gasteiger partial charge on any atom is -0.481 e. The van der Waals surface area contributed by atoms with Gasteiger partial charge in [0.05, 0.1) is 27.4 Å². The van der Waals surface area contributed by atoms with E-state index in [0.717, 1.165) is 18.2 Å². The van der Waals surface area contributed by atoms with Gasteiger partial charge < -0.3 is 10.0 Å². The minimum absolute atomic E-state index is 0.0232. The van der Waals surface area contributed by atoms with Crippen LogP contribution >= 0.6 is 0 Å². The second kappa shape index (κ2) is 6.38. The lowest BCUT2D eigenvalue weighted by atomic mass is 9.97. The van der Waals surface area contributed by atoms with Crippen LogP contribution < -0.4 is 0 Å². The highest BCUT2D eigenvalue weighted by Gasteiger charge is 2.30. The number of carboxylic acid groups (broad SMARTS) is 1. The Hall–Kier alpha value is -3.04. The molecule has 23 heavy (non-hydrogen) atoms. The van der Waals surface area contributed by atoms with Gasteiger partial charge in [0.15, 0.2) is 0 Å². The number of piperidine rings is 1. The number of carbonyl (C=O) groups excluding carboxylic acids is 1. The van der Waals surface area contributed by atoms with Crippen LogP contribution in [-0.4, -0.2) is 44.8 Å². The number of nitro benzene ring substituents is 2. The summed E-state index contributed by atoms with van der Waals surface area (Å²) in [5, 5.41) is 30.7. The van der Waals surface area contributed by atoms with Gasteiger partial charge in [0.1, 0.15) is 0 Å². The quantitative estimate of drug-likeness (QED) is 0.652. The first kappa shape index (κ1) is 16.3. The molecule has 1 aliphatic heterocycles. The van der Waals surface area contributed by atoms with E-state index >= 15 is 0 Å². The number of carbonyl (C=O) groups is 2. The molecule has 1 heterocycles. The van der Waals surface area contributed by atoms with Crippen LogP contribution in [0.15, 0.2) is 18.2 Å². The summed E-state index contributed by atoms with van der Waals surface area (Å²) in [4.78, 5) is 44.7. The molecule has 122 valence electrons. The highest BCUT2D eigenvalue weighted by Crippen LogP contribution is 2.25. The summed E-state index contributed by atoms with van der Waals surface area (Å²) in [7, 11) is 0. The van der Waals surface area contributed by atoms with Crippen LogP contribution in [-0.2, 0) is 4.79 Å². The van der Waals surface area contributed by atoms with E-state index in [-0.39, 0.29) is 12.1 Å². The molecular formula is C13H13N3O7. The third-order valence-electron chi connectivity index (χ3n) is 3.63. The van der Waals surface area contributed by atoms with Gasteiger partial charge in [-0.2, -0.15) is 0 Å². The summed E-state index contributed by atoms with van der Waals surface area (Å²) in [5.74, 6) is -2.38. The molecule has 1 amide bonds. The Morgan fingerprint density at radius 2 is 1.70 bits per heavy atom. The number of hydrogen-bond donors (Lipinski definition) is 1. The van der Waals surface area contributed by atoms with Crippen LogP contribution in [0.3, 0.4) is 0 Å². The van der Waals surface area contributed by atoms with Gasteiger partial charge in [0.2, 0.25) is 0 Å². The topological polar surface area (TPSA) is 144 Å². The molecular weight excluding hydrogens is 310 g/mol. The SMILES string of the molecule is O=C(O)[C@@H]1CCCN(C(=O)c2cc([N+](=O)[O-])cc([N+](=O)[O-])c2)C1. The summed E-state index contributed by atoms with van der Waals surface area (Å²) in [6, 6.07) is 2.69. The summed E-state index contributed by atoms with van der Waals surface area (Å²) in [6.45, 7) is 0.282. The van der Waals surface area contributed by atoms with Crippen molar-refractivity contribution in [3.63, 3.8) is 0 Å². The molecule has 0 radical (unpaired) electrons. The molecule has 1 aromatic rings. The Morgan fingerprint density at radius 3 is 2.17 bits per heavy atom. The van der Waals surface area contributed by atoms with E-state index in [9.17, 15) is 29.8 Å². The molecule has 0 spiro atoms. The Kier molecular flexibility index (Phi) is 4.53. The average molecular weight is 323 g/mol. The number of likely N-dealkylation sites (tertiary alicyclic amines) is 1. The zero-order valence-electron chi connectivity index (χ0n) is 11.9. The van der Waals surface area contributed by atoms with Gasteiger partial charge in [0, 0.05) is 25.2 Å². The molecule has 1 aromatic carbocycles. The molecule has 1 aliphatic rings. The van der Waals surface area contributed by atoms with Crippen LogP contribution in [0, 0.1) is 26.1 Å². The molecule has 0 saturated carbocycles. The van der Waals surface area contributed by atoms with E-state index in [0.29, 0.717) is 19.4 Å². The molecule has 0 aromatic heterocycles. The molecule has 1 saturated heterocycles. The monoisotopic (exact) mass is 323 g/mol. The number of nitrogens with zero attached hydrogens (tertiary/aromatic N) is 3. The van der Waals surface area contributed by atoms with Crippen LogP contribution in [0.4, 0.5) is 11.4 Å². The Bertz CT molecular complexity index is 656. The van der Waals surface area contributed by atoms with Gasteiger partial charge in [-0.25, -0.2) is 0 Å². The number of nitro groups is 2. The minimum atomic E-state index is -1.02. The summed E-state index contributed by atoms with van der Waals surface area (Å²) < 4.78 is 0. The maximum atomic E-state index is 12.4. The third-order valence-corrected chi connectivity index (χ3v) is 3.63. The number of hydrogen-bond acceptors (Lipinski definition) is 6. The van der Waals surface area contributed by atoms with E-state index < -0.39 is 39.0 Å². The van der Waals surface area contributed by atoms with Crippen molar-refractivity contribution in [2.45, 2.75) is 12.8 Å². The molecule has 1 atom stereocenters. The van der Waals surface area contributed by atoms with Crippen LogP contribution in [0.1, 0.15) is 23.2 Å². The summed E-state index contributed by atoms with van der Waals surface area (Å²) in [6.07, 6.45) is 0.925. The van der Waals surface area contributed by atoms with Crippen molar-refractivity contribution in [2.75, 3.05) is 13.1 Å². The van der Waals surface area contributed by atoms with E-state index in [1.165, 1.54) is 4.90 Å². The fourth-order valence-corrected chi connectivity index (χ4v) is 2.48. The molecule has 0 aliphatic carbocycles. The van der Waals surface area contributed by atoms with Gasteiger partial charge >= 0.3 is 5.97 Å². The number of rotatable bonds is 4. The van der Waals surface area contributed by atoms with E-state index in [4.69, 9.17) is 5.11 Å². The normalized spacial score (nSPS) is 17.6. The number of amides is 1. The van der Waals surface area contributed by atoms with Crippen molar-refractivity contribution in [3.05, 3.63) is 44.0 Å². The Balaban J connectivity index is 2.32. The van der Waals surface area contributed by atoms with E-state index in [2.05, 4.69) is 0 Å². The standard InChI is InChI=1S/C13H13N3O7/c17-12(14-3-1-2-8(7-14)13(18)19)9-4-10(15(20)21)6-11(5-9)16(22)23/h4-6,8H,1-3,7H2,(H,18,19)/t8-/m1/s1. The van der Waals surface area contributed by atoms with Gasteiger partial charge in [-0.3, -0.25) is 29.8 Å². The number of carboxylic acids is 1. The van der Waals surface area contributed by atoms with Gasteiger partial charge in [-0.05, 0) is 12.8 Å². The van der Waals surface area contributed by atoms with Gasteiger partial charge in [0.25, 0.3) is 17.3 Å². The lowest BCUT2D eigenvalue weighted by Crippen LogP contribution is -2.42. The second-order valence-electron chi connectivity index (χ2n) is 5.18. The fourth-order valence-electron chi connectivity index (χ4n) is 2.48. The first-order valence-corrected chi connectivity index (χ1v) is 6.75. The van der Waals surface area contributed by atoms with Gasteiger partial charge in [-0.15, -0.1) is 0 Å². The van der Waals surface area contributed by atoms with Crippen LogP contribution in [0.2, 0.25) is 0 Å². The van der Waals surface area contributed by atoms with Crippen molar-refractivity contribution < 1.29 is 24.5 Å². The highest BCUT2D eigenvalue weighted by atomic mass is 16.6. The summed E-state index contributed by atoms with van der Waals surface area (Å²) >= 11 is 0.